The molecular weight excluding hydrogens is 220 g/mol. The van der Waals surface area contributed by atoms with Gasteiger partial charge in [-0.05, 0) is 37.7 Å². The highest BCUT2D eigenvalue weighted by Crippen LogP contribution is 2.34. The van der Waals surface area contributed by atoms with E-state index in [9.17, 15) is 4.79 Å². The Morgan fingerprint density at radius 1 is 1.50 bits per heavy atom. The van der Waals surface area contributed by atoms with Gasteiger partial charge in [0.05, 0.1) is 0 Å². The molecule has 2 unspecified atom stereocenters. The van der Waals surface area contributed by atoms with Crippen LogP contribution in [0.1, 0.15) is 47.7 Å². The van der Waals surface area contributed by atoms with Crippen molar-refractivity contribution in [2.24, 2.45) is 11.8 Å². The van der Waals surface area contributed by atoms with Crippen molar-refractivity contribution in [1.29, 1.82) is 0 Å². The first-order valence-electron chi connectivity index (χ1n) is 6.70. The van der Waals surface area contributed by atoms with Crippen molar-refractivity contribution in [2.75, 3.05) is 0 Å². The van der Waals surface area contributed by atoms with Gasteiger partial charge in [0.15, 0.2) is 5.78 Å². The van der Waals surface area contributed by atoms with Crippen molar-refractivity contribution in [3.05, 3.63) is 34.9 Å². The fourth-order valence-corrected chi connectivity index (χ4v) is 2.85. The third-order valence-corrected chi connectivity index (χ3v) is 3.97. The SMILES string of the molecule is C#CCCCC(C)C1Cc2cc(C)ccc2C1=O. The van der Waals surface area contributed by atoms with Crippen molar-refractivity contribution in [3.8, 4) is 12.3 Å². The summed E-state index contributed by atoms with van der Waals surface area (Å²) in [5.74, 6) is 3.59. The topological polar surface area (TPSA) is 17.1 Å². The summed E-state index contributed by atoms with van der Waals surface area (Å²) in [6.45, 7) is 4.26. The van der Waals surface area contributed by atoms with Crippen molar-refractivity contribution in [3.63, 3.8) is 0 Å². The molecule has 0 bridgehead atoms. The zero-order chi connectivity index (χ0) is 13.1. The van der Waals surface area contributed by atoms with Gasteiger partial charge in [-0.3, -0.25) is 4.79 Å². The third-order valence-electron chi connectivity index (χ3n) is 3.97. The second kappa shape index (κ2) is 5.40. The molecule has 1 aliphatic carbocycles. The van der Waals surface area contributed by atoms with Crippen LogP contribution in [0, 0.1) is 31.1 Å². The average molecular weight is 240 g/mol. The Labute approximate surface area is 110 Å². The normalized spacial score (nSPS) is 19.4. The molecule has 2 rings (SSSR count). The molecule has 0 N–H and O–H groups in total. The molecule has 0 aliphatic heterocycles. The molecular formula is C17H20O. The van der Waals surface area contributed by atoms with Crippen molar-refractivity contribution >= 4 is 5.78 Å². The predicted molar refractivity (Wildman–Crippen MR) is 74.6 cm³/mol. The van der Waals surface area contributed by atoms with E-state index in [-0.39, 0.29) is 5.92 Å². The average Bonchev–Trinajstić information content (AvgIpc) is 2.66. The number of carbonyl (C=O) groups is 1. The molecule has 1 heteroatoms. The van der Waals surface area contributed by atoms with Crippen molar-refractivity contribution in [2.45, 2.75) is 39.5 Å². The van der Waals surface area contributed by atoms with Gasteiger partial charge in [-0.2, -0.15) is 0 Å². The summed E-state index contributed by atoms with van der Waals surface area (Å²) in [6, 6.07) is 6.17. The van der Waals surface area contributed by atoms with E-state index in [4.69, 9.17) is 6.42 Å². The lowest BCUT2D eigenvalue weighted by Gasteiger charge is -2.16. The van der Waals surface area contributed by atoms with Gasteiger partial charge < -0.3 is 0 Å². The summed E-state index contributed by atoms with van der Waals surface area (Å²) >= 11 is 0. The lowest BCUT2D eigenvalue weighted by Crippen LogP contribution is -2.18. The highest BCUT2D eigenvalue weighted by molar-refractivity contribution is 6.02. The number of terminal acetylenes is 1. The second-order valence-corrected chi connectivity index (χ2v) is 5.41. The van der Waals surface area contributed by atoms with E-state index in [2.05, 4.69) is 25.8 Å². The van der Waals surface area contributed by atoms with E-state index in [0.29, 0.717) is 11.7 Å². The van der Waals surface area contributed by atoms with Gasteiger partial charge >= 0.3 is 0 Å². The van der Waals surface area contributed by atoms with E-state index in [0.717, 1.165) is 31.2 Å². The van der Waals surface area contributed by atoms with Gasteiger partial charge in [-0.15, -0.1) is 12.3 Å². The second-order valence-electron chi connectivity index (χ2n) is 5.41. The minimum atomic E-state index is 0.166. The van der Waals surface area contributed by atoms with Crippen LogP contribution in [-0.4, -0.2) is 5.78 Å². The fourth-order valence-electron chi connectivity index (χ4n) is 2.85. The quantitative estimate of drug-likeness (QED) is 0.578. The molecule has 0 amide bonds. The summed E-state index contributed by atoms with van der Waals surface area (Å²) in [6.07, 6.45) is 9.06. The van der Waals surface area contributed by atoms with Crippen LogP contribution in [-0.2, 0) is 6.42 Å². The molecule has 0 spiro atoms. The summed E-state index contributed by atoms with van der Waals surface area (Å²) in [5, 5.41) is 0. The maximum absolute atomic E-state index is 12.3. The summed E-state index contributed by atoms with van der Waals surface area (Å²) < 4.78 is 0. The maximum atomic E-state index is 12.3. The molecule has 1 aliphatic rings. The Kier molecular flexibility index (Phi) is 3.87. The Balaban J connectivity index is 2.07. The molecule has 0 radical (unpaired) electrons. The lowest BCUT2D eigenvalue weighted by molar-refractivity contribution is 0.0895. The number of Topliss-reactive ketones (excluding diaryl/α,β-unsaturated/α-hetero) is 1. The smallest absolute Gasteiger partial charge is 0.166 e. The first-order valence-corrected chi connectivity index (χ1v) is 6.70. The van der Waals surface area contributed by atoms with Crippen LogP contribution in [0.2, 0.25) is 0 Å². The van der Waals surface area contributed by atoms with Gasteiger partial charge in [-0.1, -0.05) is 30.7 Å². The van der Waals surface area contributed by atoms with Crippen LogP contribution < -0.4 is 0 Å². The molecule has 18 heavy (non-hydrogen) atoms. The first-order chi connectivity index (χ1) is 8.63. The summed E-state index contributed by atoms with van der Waals surface area (Å²) in [4.78, 5) is 12.3. The van der Waals surface area contributed by atoms with Crippen LogP contribution in [0.5, 0.6) is 0 Å². The van der Waals surface area contributed by atoms with E-state index < -0.39 is 0 Å². The molecule has 0 heterocycles. The molecule has 0 fully saturated rings. The Morgan fingerprint density at radius 3 is 3.00 bits per heavy atom. The van der Waals surface area contributed by atoms with Crippen molar-refractivity contribution in [1.82, 2.24) is 0 Å². The van der Waals surface area contributed by atoms with Crippen LogP contribution in [0.25, 0.3) is 0 Å². The third kappa shape index (κ3) is 2.48. The van der Waals surface area contributed by atoms with Crippen LogP contribution in [0.3, 0.4) is 0 Å². The van der Waals surface area contributed by atoms with Gasteiger partial charge in [-0.25, -0.2) is 0 Å². The molecule has 94 valence electrons. The van der Waals surface area contributed by atoms with Crippen LogP contribution in [0.15, 0.2) is 18.2 Å². The van der Waals surface area contributed by atoms with Gasteiger partial charge in [0.1, 0.15) is 0 Å². The highest BCUT2D eigenvalue weighted by atomic mass is 16.1. The Morgan fingerprint density at radius 2 is 2.28 bits per heavy atom. The number of unbranched alkanes of at least 4 members (excludes halogenated alkanes) is 1. The number of aryl methyl sites for hydroxylation is 1. The van der Waals surface area contributed by atoms with Crippen LogP contribution in [0.4, 0.5) is 0 Å². The van der Waals surface area contributed by atoms with Crippen LogP contribution >= 0.6 is 0 Å². The molecule has 0 saturated heterocycles. The predicted octanol–water partition coefficient (Wildman–Crippen LogP) is 3.79. The zero-order valence-corrected chi connectivity index (χ0v) is 11.2. The fraction of sp³-hybridized carbons (Fsp3) is 0.471. The highest BCUT2D eigenvalue weighted by Gasteiger charge is 2.33. The number of rotatable bonds is 4. The molecule has 1 nitrogen and oxygen atoms in total. The largest absolute Gasteiger partial charge is 0.294 e. The van der Waals surface area contributed by atoms with Crippen molar-refractivity contribution < 1.29 is 4.79 Å². The Bertz CT molecular complexity index is 493. The minimum absolute atomic E-state index is 0.166. The maximum Gasteiger partial charge on any atom is 0.166 e. The van der Waals surface area contributed by atoms with Gasteiger partial charge in [0, 0.05) is 17.9 Å². The lowest BCUT2D eigenvalue weighted by atomic mass is 9.86. The van der Waals surface area contributed by atoms with E-state index in [1.54, 1.807) is 0 Å². The molecule has 0 saturated carbocycles. The molecule has 0 aromatic heterocycles. The van der Waals surface area contributed by atoms with E-state index >= 15 is 0 Å². The van der Waals surface area contributed by atoms with Gasteiger partial charge in [0.2, 0.25) is 0 Å². The summed E-state index contributed by atoms with van der Waals surface area (Å²) in [5.41, 5.74) is 3.41. The monoisotopic (exact) mass is 240 g/mol. The van der Waals surface area contributed by atoms with E-state index in [1.807, 2.05) is 12.1 Å². The number of benzene rings is 1. The number of fused-ring (bicyclic) bond motifs is 1. The molecule has 1 aromatic rings. The first kappa shape index (κ1) is 12.9. The standard InChI is InChI=1S/C17H20O/c1-4-5-6-7-13(3)16-11-14-10-12(2)8-9-15(14)17(16)18/h1,8-10,13,16H,5-7,11H2,2-3H3. The molecule has 2 atom stereocenters. The number of hydrogen-bond acceptors (Lipinski definition) is 1. The summed E-state index contributed by atoms with van der Waals surface area (Å²) in [7, 11) is 0. The number of carbonyl (C=O) groups excluding carboxylic acids is 1. The number of hydrogen-bond donors (Lipinski definition) is 0. The molecule has 1 aromatic carbocycles. The number of ketones is 1. The van der Waals surface area contributed by atoms with Gasteiger partial charge in [0.25, 0.3) is 0 Å². The van der Waals surface area contributed by atoms with E-state index in [1.165, 1.54) is 11.1 Å². The zero-order valence-electron chi connectivity index (χ0n) is 11.2. The Hall–Kier alpha value is -1.55. The minimum Gasteiger partial charge on any atom is -0.294 e.